The lowest BCUT2D eigenvalue weighted by atomic mass is 10.3. The summed E-state index contributed by atoms with van der Waals surface area (Å²) in [6, 6.07) is 1.95. The molecule has 0 aliphatic rings. The van der Waals surface area contributed by atoms with Crippen LogP contribution in [0.5, 0.6) is 0 Å². The first-order chi connectivity index (χ1) is 8.63. The maximum absolute atomic E-state index is 11.5. The summed E-state index contributed by atoms with van der Waals surface area (Å²) < 4.78 is 7.97. The Hall–Kier alpha value is -1.14. The Morgan fingerprint density at radius 3 is 3.06 bits per heavy atom. The molecule has 0 aliphatic heterocycles. The topological polar surface area (TPSA) is 44.1 Å². The van der Waals surface area contributed by atoms with Crippen molar-refractivity contribution in [2.24, 2.45) is 0 Å². The lowest BCUT2D eigenvalue weighted by Gasteiger charge is -2.03. The molecule has 2 aromatic heterocycles. The third-order valence-electron chi connectivity index (χ3n) is 2.33. The van der Waals surface area contributed by atoms with E-state index in [-0.39, 0.29) is 5.97 Å². The predicted molar refractivity (Wildman–Crippen MR) is 73.4 cm³/mol. The van der Waals surface area contributed by atoms with Crippen molar-refractivity contribution >= 4 is 33.2 Å². The Labute approximate surface area is 118 Å². The van der Waals surface area contributed by atoms with Gasteiger partial charge in [0.2, 0.25) is 0 Å². The lowest BCUT2D eigenvalue weighted by molar-refractivity contribution is -0.145. The molecule has 0 bridgehead atoms. The third-order valence-corrected chi connectivity index (χ3v) is 3.88. The molecule has 2 heterocycles. The van der Waals surface area contributed by atoms with Gasteiger partial charge < -0.3 is 4.74 Å². The molecule has 18 heavy (non-hydrogen) atoms. The van der Waals surface area contributed by atoms with Crippen LogP contribution >= 0.6 is 27.3 Å². The normalized spacial score (nSPS) is 10.6. The van der Waals surface area contributed by atoms with Crippen LogP contribution in [0.25, 0.3) is 0 Å². The molecule has 4 nitrogen and oxygen atoms in total. The maximum atomic E-state index is 11.5. The minimum Gasteiger partial charge on any atom is -0.461 e. The van der Waals surface area contributed by atoms with E-state index in [1.54, 1.807) is 22.2 Å². The number of esters is 1. The van der Waals surface area contributed by atoms with Gasteiger partial charge in [-0.05, 0) is 39.9 Å². The summed E-state index contributed by atoms with van der Waals surface area (Å²) in [4.78, 5) is 11.5. The number of hydrogen-bond acceptors (Lipinski definition) is 4. The summed E-state index contributed by atoms with van der Waals surface area (Å²) in [7, 11) is 0. The van der Waals surface area contributed by atoms with Crippen molar-refractivity contribution in [1.82, 2.24) is 9.78 Å². The average molecular weight is 329 g/mol. The summed E-state index contributed by atoms with van der Waals surface area (Å²) >= 11 is 4.95. The largest absolute Gasteiger partial charge is 0.461 e. The van der Waals surface area contributed by atoms with Crippen LogP contribution in [0.15, 0.2) is 27.6 Å². The van der Waals surface area contributed by atoms with E-state index >= 15 is 0 Å². The molecule has 0 atom stereocenters. The van der Waals surface area contributed by atoms with E-state index < -0.39 is 0 Å². The molecule has 0 saturated carbocycles. The molecule has 0 N–H and O–H groups in total. The van der Waals surface area contributed by atoms with E-state index in [4.69, 9.17) is 4.74 Å². The molecular weight excluding hydrogens is 316 g/mol. The van der Waals surface area contributed by atoms with Crippen LogP contribution in [-0.2, 0) is 22.7 Å². The number of carbonyl (C=O) groups excluding carboxylic acids is 1. The molecule has 0 unspecified atom stereocenters. The molecule has 96 valence electrons. The number of aromatic nitrogens is 2. The van der Waals surface area contributed by atoms with Gasteiger partial charge in [-0.1, -0.05) is 0 Å². The quantitative estimate of drug-likeness (QED) is 0.792. The van der Waals surface area contributed by atoms with Crippen LogP contribution in [0.3, 0.4) is 0 Å². The highest BCUT2D eigenvalue weighted by Crippen LogP contribution is 2.21. The number of thiophene rings is 1. The van der Waals surface area contributed by atoms with Gasteiger partial charge in [-0.25, -0.2) is 0 Å². The highest BCUT2D eigenvalue weighted by Gasteiger charge is 2.05. The van der Waals surface area contributed by atoms with Gasteiger partial charge in [0.05, 0.1) is 22.9 Å². The predicted octanol–water partition coefficient (Wildman–Crippen LogP) is 3.15. The zero-order valence-corrected chi connectivity index (χ0v) is 12.3. The van der Waals surface area contributed by atoms with Gasteiger partial charge in [0.25, 0.3) is 0 Å². The SMILES string of the molecule is Cc1cnn(CCC(=O)OCc2csc(Br)c2)c1. The van der Waals surface area contributed by atoms with Crippen molar-refractivity contribution in [2.75, 3.05) is 0 Å². The molecule has 0 aliphatic carbocycles. The van der Waals surface area contributed by atoms with Gasteiger partial charge >= 0.3 is 5.97 Å². The van der Waals surface area contributed by atoms with Gasteiger partial charge in [0.15, 0.2) is 0 Å². The Kier molecular flexibility index (Phi) is 4.54. The first kappa shape index (κ1) is 13.3. The minimum absolute atomic E-state index is 0.203. The monoisotopic (exact) mass is 328 g/mol. The fraction of sp³-hybridized carbons (Fsp3) is 0.333. The summed E-state index contributed by atoms with van der Waals surface area (Å²) in [5, 5.41) is 6.08. The zero-order valence-electron chi connectivity index (χ0n) is 9.93. The Bertz CT molecular complexity index is 489. The van der Waals surface area contributed by atoms with E-state index in [1.165, 1.54) is 0 Å². The molecule has 6 heteroatoms. The number of ether oxygens (including phenoxy) is 1. The first-order valence-corrected chi connectivity index (χ1v) is 7.18. The summed E-state index contributed by atoms with van der Waals surface area (Å²) in [6.07, 6.45) is 4.02. The summed E-state index contributed by atoms with van der Waals surface area (Å²) in [6.45, 7) is 2.86. The lowest BCUT2D eigenvalue weighted by Crippen LogP contribution is -2.09. The standard InChI is InChI=1S/C12H13BrN2O2S/c1-9-5-14-15(6-9)3-2-12(16)17-7-10-4-11(13)18-8-10/h4-6,8H,2-3,7H2,1H3. The number of nitrogens with zero attached hydrogens (tertiary/aromatic N) is 2. The number of hydrogen-bond donors (Lipinski definition) is 0. The van der Waals surface area contributed by atoms with Gasteiger partial charge in [-0.2, -0.15) is 5.10 Å². The van der Waals surface area contributed by atoms with E-state index in [2.05, 4.69) is 21.0 Å². The van der Waals surface area contributed by atoms with Crippen LogP contribution in [0.4, 0.5) is 0 Å². The molecule has 0 spiro atoms. The molecule has 2 aromatic rings. The molecule has 0 aromatic carbocycles. The van der Waals surface area contributed by atoms with E-state index in [0.29, 0.717) is 19.6 Å². The van der Waals surface area contributed by atoms with Gasteiger partial charge in [-0.15, -0.1) is 11.3 Å². The van der Waals surface area contributed by atoms with E-state index in [0.717, 1.165) is 14.9 Å². The smallest absolute Gasteiger partial charge is 0.308 e. The Morgan fingerprint density at radius 1 is 1.61 bits per heavy atom. The van der Waals surface area contributed by atoms with Crippen molar-refractivity contribution in [3.05, 3.63) is 38.8 Å². The van der Waals surface area contributed by atoms with Crippen LogP contribution < -0.4 is 0 Å². The molecule has 0 saturated heterocycles. The average Bonchev–Trinajstić information content (AvgIpc) is 2.93. The van der Waals surface area contributed by atoms with E-state index in [9.17, 15) is 4.79 Å². The number of aryl methyl sites for hydroxylation is 2. The fourth-order valence-corrected chi connectivity index (χ4v) is 2.65. The van der Waals surface area contributed by atoms with Gasteiger partial charge in [0.1, 0.15) is 6.61 Å². The molecule has 2 rings (SSSR count). The third kappa shape index (κ3) is 3.96. The highest BCUT2D eigenvalue weighted by molar-refractivity contribution is 9.11. The summed E-state index contributed by atoms with van der Waals surface area (Å²) in [5.74, 6) is -0.203. The first-order valence-electron chi connectivity index (χ1n) is 5.51. The van der Waals surface area contributed by atoms with Gasteiger partial charge in [0, 0.05) is 11.8 Å². The van der Waals surface area contributed by atoms with Crippen molar-refractivity contribution < 1.29 is 9.53 Å². The number of rotatable bonds is 5. The van der Waals surface area contributed by atoms with Gasteiger partial charge in [-0.3, -0.25) is 9.48 Å². The van der Waals surface area contributed by atoms with Crippen LogP contribution in [0.1, 0.15) is 17.5 Å². The fourth-order valence-electron chi connectivity index (χ4n) is 1.45. The van der Waals surface area contributed by atoms with E-state index in [1.807, 2.05) is 24.6 Å². The second-order valence-corrected chi connectivity index (χ2v) is 6.24. The van der Waals surface area contributed by atoms with Crippen molar-refractivity contribution in [3.8, 4) is 0 Å². The Morgan fingerprint density at radius 2 is 2.44 bits per heavy atom. The van der Waals surface area contributed by atoms with Crippen LogP contribution in [-0.4, -0.2) is 15.7 Å². The minimum atomic E-state index is -0.203. The number of halogens is 1. The second kappa shape index (κ2) is 6.15. The molecule has 0 fully saturated rings. The van der Waals surface area contributed by atoms with Crippen molar-refractivity contribution in [1.29, 1.82) is 0 Å². The maximum Gasteiger partial charge on any atom is 0.308 e. The molecule has 0 amide bonds. The van der Waals surface area contributed by atoms with Crippen LogP contribution in [0, 0.1) is 6.92 Å². The van der Waals surface area contributed by atoms with Crippen molar-refractivity contribution in [2.45, 2.75) is 26.5 Å². The van der Waals surface area contributed by atoms with Crippen molar-refractivity contribution in [3.63, 3.8) is 0 Å². The zero-order chi connectivity index (χ0) is 13.0. The summed E-state index contributed by atoms with van der Waals surface area (Å²) in [5.41, 5.74) is 2.10. The molecular formula is C12H13BrN2O2S. The Balaban J connectivity index is 1.72. The highest BCUT2D eigenvalue weighted by atomic mass is 79.9. The number of carbonyl (C=O) groups is 1. The second-order valence-electron chi connectivity index (χ2n) is 3.95. The van der Waals surface area contributed by atoms with Crippen LogP contribution in [0.2, 0.25) is 0 Å². The molecule has 0 radical (unpaired) electrons.